The average Bonchev–Trinajstić information content (AvgIpc) is 2.74. The van der Waals surface area contributed by atoms with E-state index in [1.165, 1.54) is 43.8 Å². The maximum Gasteiger partial charge on any atom is -0.00988 e. The first-order chi connectivity index (χ1) is 12.9. The lowest BCUT2D eigenvalue weighted by atomic mass is 9.90. The molecule has 0 heteroatoms. The van der Waals surface area contributed by atoms with Crippen LogP contribution in [0.3, 0.4) is 0 Å². The van der Waals surface area contributed by atoms with Gasteiger partial charge in [0, 0.05) is 0 Å². The van der Waals surface area contributed by atoms with Gasteiger partial charge in [0.15, 0.2) is 0 Å². The lowest BCUT2D eigenvalue weighted by molar-refractivity contribution is 1.61. The van der Waals surface area contributed by atoms with Crippen LogP contribution in [0.4, 0.5) is 0 Å². The van der Waals surface area contributed by atoms with Gasteiger partial charge in [-0.15, -0.1) is 0 Å². The molecule has 0 aliphatic rings. The van der Waals surface area contributed by atoms with Crippen molar-refractivity contribution in [2.24, 2.45) is 0 Å². The SMILES string of the molecule is c1ccc(-c2cc3ccc4ccccc4c3cc2-c2ccccc2)cc1. The van der Waals surface area contributed by atoms with Crippen molar-refractivity contribution in [3.63, 3.8) is 0 Å². The molecule has 122 valence electrons. The molecule has 0 bridgehead atoms. The Labute approximate surface area is 153 Å². The van der Waals surface area contributed by atoms with Crippen molar-refractivity contribution in [2.45, 2.75) is 0 Å². The Balaban J connectivity index is 1.90. The van der Waals surface area contributed by atoms with Crippen LogP contribution in [0.15, 0.2) is 109 Å². The minimum Gasteiger partial charge on any atom is -0.0622 e. The third-order valence-electron chi connectivity index (χ3n) is 5.05. The van der Waals surface area contributed by atoms with E-state index < -0.39 is 0 Å². The number of benzene rings is 5. The molecule has 0 saturated carbocycles. The Bertz CT molecular complexity index is 1200. The molecule has 0 aliphatic heterocycles. The first-order valence-corrected chi connectivity index (χ1v) is 8.96. The molecule has 0 aromatic heterocycles. The number of hydrogen-bond donors (Lipinski definition) is 0. The van der Waals surface area contributed by atoms with Crippen molar-refractivity contribution in [3.05, 3.63) is 109 Å². The van der Waals surface area contributed by atoms with Crippen molar-refractivity contribution in [1.29, 1.82) is 0 Å². The molecular formula is C26H18. The van der Waals surface area contributed by atoms with E-state index in [1.807, 2.05) is 0 Å². The van der Waals surface area contributed by atoms with Gasteiger partial charge in [-0.3, -0.25) is 0 Å². The number of hydrogen-bond acceptors (Lipinski definition) is 0. The molecule has 0 saturated heterocycles. The van der Waals surface area contributed by atoms with Gasteiger partial charge in [0.25, 0.3) is 0 Å². The van der Waals surface area contributed by atoms with Crippen molar-refractivity contribution >= 4 is 21.5 Å². The third kappa shape index (κ3) is 2.48. The van der Waals surface area contributed by atoms with Gasteiger partial charge in [-0.05, 0) is 55.9 Å². The molecule has 0 atom stereocenters. The monoisotopic (exact) mass is 330 g/mol. The molecule has 5 aromatic carbocycles. The highest BCUT2D eigenvalue weighted by Gasteiger charge is 2.11. The van der Waals surface area contributed by atoms with Gasteiger partial charge in [0.05, 0.1) is 0 Å². The van der Waals surface area contributed by atoms with Crippen molar-refractivity contribution in [3.8, 4) is 22.3 Å². The van der Waals surface area contributed by atoms with E-state index in [1.54, 1.807) is 0 Å². The highest BCUT2D eigenvalue weighted by Crippen LogP contribution is 2.37. The second-order valence-corrected chi connectivity index (χ2v) is 6.64. The van der Waals surface area contributed by atoms with Gasteiger partial charge in [0.2, 0.25) is 0 Å². The average molecular weight is 330 g/mol. The minimum absolute atomic E-state index is 1.25. The topological polar surface area (TPSA) is 0 Å². The van der Waals surface area contributed by atoms with Gasteiger partial charge < -0.3 is 0 Å². The normalized spacial score (nSPS) is 11.1. The van der Waals surface area contributed by atoms with Crippen LogP contribution in [0, 0.1) is 0 Å². The fraction of sp³-hybridized carbons (Fsp3) is 0. The molecule has 0 radical (unpaired) electrons. The van der Waals surface area contributed by atoms with E-state index in [0.29, 0.717) is 0 Å². The number of fused-ring (bicyclic) bond motifs is 3. The van der Waals surface area contributed by atoms with Crippen molar-refractivity contribution in [2.75, 3.05) is 0 Å². The van der Waals surface area contributed by atoms with E-state index in [4.69, 9.17) is 0 Å². The lowest BCUT2D eigenvalue weighted by Gasteiger charge is -2.14. The van der Waals surface area contributed by atoms with Crippen molar-refractivity contribution < 1.29 is 0 Å². The van der Waals surface area contributed by atoms with Gasteiger partial charge in [-0.25, -0.2) is 0 Å². The van der Waals surface area contributed by atoms with Gasteiger partial charge in [0.1, 0.15) is 0 Å². The predicted octanol–water partition coefficient (Wildman–Crippen LogP) is 7.33. The fourth-order valence-corrected chi connectivity index (χ4v) is 3.77. The molecule has 0 amide bonds. The molecule has 0 unspecified atom stereocenters. The summed E-state index contributed by atoms with van der Waals surface area (Å²) < 4.78 is 0. The maximum atomic E-state index is 2.36. The summed E-state index contributed by atoms with van der Waals surface area (Å²) in [5.74, 6) is 0. The quantitative estimate of drug-likeness (QED) is 0.297. The van der Waals surface area contributed by atoms with Crippen LogP contribution in [0.25, 0.3) is 43.8 Å². The van der Waals surface area contributed by atoms with Crippen LogP contribution < -0.4 is 0 Å². The summed E-state index contributed by atoms with van der Waals surface area (Å²) in [5, 5.41) is 5.18. The molecule has 0 fully saturated rings. The molecule has 0 N–H and O–H groups in total. The molecule has 0 spiro atoms. The highest BCUT2D eigenvalue weighted by atomic mass is 14.1. The Hall–Kier alpha value is -3.38. The van der Waals surface area contributed by atoms with Crippen LogP contribution in [-0.2, 0) is 0 Å². The first-order valence-electron chi connectivity index (χ1n) is 8.96. The van der Waals surface area contributed by atoms with Gasteiger partial charge >= 0.3 is 0 Å². The van der Waals surface area contributed by atoms with E-state index >= 15 is 0 Å². The molecular weight excluding hydrogens is 312 g/mol. The first kappa shape index (κ1) is 14.9. The van der Waals surface area contributed by atoms with Gasteiger partial charge in [-0.1, -0.05) is 97.1 Å². The molecule has 0 aliphatic carbocycles. The molecule has 0 nitrogen and oxygen atoms in total. The highest BCUT2D eigenvalue weighted by molar-refractivity contribution is 6.10. The maximum absolute atomic E-state index is 2.36. The smallest absolute Gasteiger partial charge is 0.00988 e. The molecule has 5 aromatic rings. The Morgan fingerprint density at radius 1 is 0.346 bits per heavy atom. The van der Waals surface area contributed by atoms with Crippen LogP contribution in [0.5, 0.6) is 0 Å². The van der Waals surface area contributed by atoms with Crippen LogP contribution in [-0.4, -0.2) is 0 Å². The van der Waals surface area contributed by atoms with E-state index in [9.17, 15) is 0 Å². The standard InChI is InChI=1S/C26H18/c1-3-9-19(10-4-1)24-17-22-16-15-21-13-7-8-14-23(21)26(22)18-25(24)20-11-5-2-6-12-20/h1-18H. The zero-order valence-electron chi connectivity index (χ0n) is 14.4. The van der Waals surface area contributed by atoms with Crippen LogP contribution >= 0.6 is 0 Å². The zero-order chi connectivity index (χ0) is 17.3. The number of rotatable bonds is 2. The van der Waals surface area contributed by atoms with E-state index in [-0.39, 0.29) is 0 Å². The summed E-state index contributed by atoms with van der Waals surface area (Å²) >= 11 is 0. The second-order valence-electron chi connectivity index (χ2n) is 6.64. The molecule has 0 heterocycles. The Morgan fingerprint density at radius 2 is 0.885 bits per heavy atom. The fourth-order valence-electron chi connectivity index (χ4n) is 3.77. The third-order valence-corrected chi connectivity index (χ3v) is 5.05. The van der Waals surface area contributed by atoms with E-state index in [2.05, 4.69) is 109 Å². The largest absolute Gasteiger partial charge is 0.0622 e. The lowest BCUT2D eigenvalue weighted by Crippen LogP contribution is -1.87. The van der Waals surface area contributed by atoms with Gasteiger partial charge in [-0.2, -0.15) is 0 Å². The predicted molar refractivity (Wildman–Crippen MR) is 112 cm³/mol. The molecule has 5 rings (SSSR count). The van der Waals surface area contributed by atoms with Crippen LogP contribution in [0.1, 0.15) is 0 Å². The summed E-state index contributed by atoms with van der Waals surface area (Å²) in [6.07, 6.45) is 0. The Kier molecular flexibility index (Phi) is 3.54. The second kappa shape index (κ2) is 6.16. The minimum atomic E-state index is 1.25. The summed E-state index contributed by atoms with van der Waals surface area (Å²) in [6.45, 7) is 0. The Morgan fingerprint density at radius 3 is 1.58 bits per heavy atom. The summed E-state index contributed by atoms with van der Waals surface area (Å²) in [5.41, 5.74) is 5.06. The zero-order valence-corrected chi connectivity index (χ0v) is 14.4. The van der Waals surface area contributed by atoms with E-state index in [0.717, 1.165) is 0 Å². The van der Waals surface area contributed by atoms with Crippen LogP contribution in [0.2, 0.25) is 0 Å². The van der Waals surface area contributed by atoms with Crippen molar-refractivity contribution in [1.82, 2.24) is 0 Å². The summed E-state index contributed by atoms with van der Waals surface area (Å²) in [4.78, 5) is 0. The molecule has 26 heavy (non-hydrogen) atoms. The summed E-state index contributed by atoms with van der Waals surface area (Å²) in [7, 11) is 0. The summed E-state index contributed by atoms with van der Waals surface area (Å²) in [6, 6.07) is 39.1.